The quantitative estimate of drug-likeness (QED) is 0.740. The van der Waals surface area contributed by atoms with Gasteiger partial charge in [0.05, 0.1) is 11.9 Å². The number of carbonyl (C=O) groups excluding carboxylic acids is 1. The van der Waals surface area contributed by atoms with Crippen LogP contribution in [0.2, 0.25) is 0 Å². The van der Waals surface area contributed by atoms with Crippen molar-refractivity contribution in [3.63, 3.8) is 0 Å². The van der Waals surface area contributed by atoms with Crippen LogP contribution in [0.3, 0.4) is 0 Å². The number of anilines is 1. The lowest BCUT2D eigenvalue weighted by molar-refractivity contribution is -0.120. The maximum Gasteiger partial charge on any atom is 0.224 e. The molecule has 0 saturated carbocycles. The average Bonchev–Trinajstić information content (AvgIpc) is 3.25. The molecule has 0 bridgehead atoms. The molecular formula is C23H26N4O. The Morgan fingerprint density at radius 2 is 1.89 bits per heavy atom. The zero-order valence-corrected chi connectivity index (χ0v) is 16.5. The van der Waals surface area contributed by atoms with Gasteiger partial charge in [-0.2, -0.15) is 0 Å². The van der Waals surface area contributed by atoms with E-state index in [4.69, 9.17) is 0 Å². The number of hydrogen-bond acceptors (Lipinski definition) is 4. The molecular weight excluding hydrogens is 348 g/mol. The van der Waals surface area contributed by atoms with Gasteiger partial charge in [0.1, 0.15) is 5.82 Å². The van der Waals surface area contributed by atoms with Crippen LogP contribution in [0, 0.1) is 13.8 Å². The Morgan fingerprint density at radius 3 is 2.64 bits per heavy atom. The first-order valence-electron chi connectivity index (χ1n) is 9.93. The van der Waals surface area contributed by atoms with E-state index in [1.807, 2.05) is 37.4 Å². The Balaban J connectivity index is 1.40. The first-order valence-corrected chi connectivity index (χ1v) is 9.93. The van der Waals surface area contributed by atoms with E-state index in [1.54, 1.807) is 0 Å². The molecule has 3 heterocycles. The predicted molar refractivity (Wildman–Crippen MR) is 112 cm³/mol. The molecule has 3 aromatic rings. The lowest BCUT2D eigenvalue weighted by Crippen LogP contribution is -2.25. The Kier molecular flexibility index (Phi) is 5.24. The Bertz CT molecular complexity index is 991. The number of pyridine rings is 2. The molecule has 1 fully saturated rings. The zero-order valence-electron chi connectivity index (χ0n) is 16.5. The van der Waals surface area contributed by atoms with Gasteiger partial charge >= 0.3 is 0 Å². The minimum absolute atomic E-state index is 0.00639. The lowest BCUT2D eigenvalue weighted by Gasteiger charge is -2.16. The fourth-order valence-corrected chi connectivity index (χ4v) is 3.91. The maximum absolute atomic E-state index is 12.5. The van der Waals surface area contributed by atoms with Crippen molar-refractivity contribution in [2.75, 3.05) is 18.0 Å². The van der Waals surface area contributed by atoms with Crippen molar-refractivity contribution in [2.24, 2.45) is 0 Å². The molecule has 1 amide bonds. The fraction of sp³-hybridized carbons (Fsp3) is 0.348. The number of nitrogens with zero attached hydrogens (tertiary/aromatic N) is 3. The van der Waals surface area contributed by atoms with Crippen LogP contribution in [0.25, 0.3) is 10.9 Å². The molecule has 0 atom stereocenters. The highest BCUT2D eigenvalue weighted by atomic mass is 16.1. The third kappa shape index (κ3) is 3.84. The first kappa shape index (κ1) is 18.4. The number of nitrogens with one attached hydrogen (secondary N) is 1. The van der Waals surface area contributed by atoms with Crippen LogP contribution in [0.5, 0.6) is 0 Å². The highest BCUT2D eigenvalue weighted by molar-refractivity contribution is 5.86. The van der Waals surface area contributed by atoms with Gasteiger partial charge in [-0.3, -0.25) is 9.78 Å². The van der Waals surface area contributed by atoms with Gasteiger partial charge in [-0.25, -0.2) is 4.98 Å². The second-order valence-electron chi connectivity index (χ2n) is 7.49. The van der Waals surface area contributed by atoms with Crippen LogP contribution in [0.4, 0.5) is 5.82 Å². The van der Waals surface area contributed by atoms with Crippen molar-refractivity contribution in [1.82, 2.24) is 15.3 Å². The van der Waals surface area contributed by atoms with Gasteiger partial charge in [-0.1, -0.05) is 24.3 Å². The van der Waals surface area contributed by atoms with Gasteiger partial charge in [-0.15, -0.1) is 0 Å². The van der Waals surface area contributed by atoms with Gasteiger partial charge in [0.15, 0.2) is 0 Å². The van der Waals surface area contributed by atoms with Crippen LogP contribution in [-0.4, -0.2) is 29.0 Å². The Morgan fingerprint density at radius 1 is 1.11 bits per heavy atom. The zero-order chi connectivity index (χ0) is 19.5. The number of benzene rings is 1. The van der Waals surface area contributed by atoms with Crippen molar-refractivity contribution in [2.45, 2.75) is 39.7 Å². The first-order chi connectivity index (χ1) is 13.6. The molecule has 0 radical (unpaired) electrons. The summed E-state index contributed by atoms with van der Waals surface area (Å²) in [6.07, 6.45) is 4.68. The van der Waals surface area contributed by atoms with E-state index in [9.17, 15) is 4.79 Å². The predicted octanol–water partition coefficient (Wildman–Crippen LogP) is 3.71. The molecule has 1 aliphatic rings. The van der Waals surface area contributed by atoms with E-state index in [0.29, 0.717) is 13.0 Å². The van der Waals surface area contributed by atoms with Crippen molar-refractivity contribution in [3.05, 3.63) is 65.0 Å². The monoisotopic (exact) mass is 374 g/mol. The Labute approximate surface area is 165 Å². The average molecular weight is 374 g/mol. The highest BCUT2D eigenvalue weighted by Gasteiger charge is 2.14. The number of amides is 1. The van der Waals surface area contributed by atoms with E-state index in [0.717, 1.165) is 52.2 Å². The SMILES string of the molecule is Cc1nc2ccccc2c(C)c1CC(=O)NCc1ccc(N2CCCC2)nc1. The standard InChI is InChI=1S/C23H26N4O/c1-16-19-7-3-4-8-21(19)26-17(2)20(16)13-23(28)25-15-18-9-10-22(24-14-18)27-11-5-6-12-27/h3-4,7-10,14H,5-6,11-13,15H2,1-2H3,(H,25,28). The number of para-hydroxylation sites is 1. The molecule has 28 heavy (non-hydrogen) atoms. The summed E-state index contributed by atoms with van der Waals surface area (Å²) in [5, 5.41) is 4.13. The van der Waals surface area contributed by atoms with Crippen LogP contribution in [0.1, 0.15) is 35.2 Å². The van der Waals surface area contributed by atoms with Crippen LogP contribution in [-0.2, 0) is 17.8 Å². The van der Waals surface area contributed by atoms with Gasteiger partial charge in [0, 0.05) is 36.9 Å². The van der Waals surface area contributed by atoms with Crippen molar-refractivity contribution < 1.29 is 4.79 Å². The summed E-state index contributed by atoms with van der Waals surface area (Å²) in [6.45, 7) is 6.71. The third-order valence-corrected chi connectivity index (χ3v) is 5.55. The van der Waals surface area contributed by atoms with E-state index in [2.05, 4.69) is 39.2 Å². The third-order valence-electron chi connectivity index (χ3n) is 5.55. The number of fused-ring (bicyclic) bond motifs is 1. The van der Waals surface area contributed by atoms with Crippen LogP contribution in [0.15, 0.2) is 42.6 Å². The molecule has 1 aliphatic heterocycles. The molecule has 0 spiro atoms. The van der Waals surface area contributed by atoms with Crippen molar-refractivity contribution in [1.29, 1.82) is 0 Å². The number of hydrogen-bond donors (Lipinski definition) is 1. The largest absolute Gasteiger partial charge is 0.357 e. The summed E-state index contributed by atoms with van der Waals surface area (Å²) in [5.74, 6) is 1.04. The van der Waals surface area contributed by atoms with Crippen molar-refractivity contribution >= 4 is 22.6 Å². The van der Waals surface area contributed by atoms with Gasteiger partial charge in [-0.05, 0) is 55.5 Å². The van der Waals surface area contributed by atoms with E-state index >= 15 is 0 Å². The number of carbonyl (C=O) groups is 1. The van der Waals surface area contributed by atoms with E-state index < -0.39 is 0 Å². The number of aryl methyl sites for hydroxylation is 2. The summed E-state index contributed by atoms with van der Waals surface area (Å²) >= 11 is 0. The normalized spacial score (nSPS) is 13.9. The second-order valence-corrected chi connectivity index (χ2v) is 7.49. The molecule has 0 aliphatic carbocycles. The summed E-state index contributed by atoms with van der Waals surface area (Å²) in [7, 11) is 0. The summed E-state index contributed by atoms with van der Waals surface area (Å²) < 4.78 is 0. The van der Waals surface area contributed by atoms with Gasteiger partial charge in [0.2, 0.25) is 5.91 Å². The van der Waals surface area contributed by atoms with Crippen LogP contribution >= 0.6 is 0 Å². The van der Waals surface area contributed by atoms with Crippen LogP contribution < -0.4 is 10.2 Å². The number of aromatic nitrogens is 2. The molecule has 5 nitrogen and oxygen atoms in total. The van der Waals surface area contributed by atoms with Gasteiger partial charge in [0.25, 0.3) is 0 Å². The smallest absolute Gasteiger partial charge is 0.224 e. The molecule has 5 heteroatoms. The molecule has 2 aromatic heterocycles. The fourth-order valence-electron chi connectivity index (χ4n) is 3.91. The molecule has 144 valence electrons. The number of rotatable bonds is 5. The maximum atomic E-state index is 12.5. The van der Waals surface area contributed by atoms with E-state index in [-0.39, 0.29) is 5.91 Å². The molecule has 1 N–H and O–H groups in total. The molecule has 1 saturated heterocycles. The minimum Gasteiger partial charge on any atom is -0.357 e. The highest BCUT2D eigenvalue weighted by Crippen LogP contribution is 2.23. The van der Waals surface area contributed by atoms with Gasteiger partial charge < -0.3 is 10.2 Å². The minimum atomic E-state index is 0.00639. The molecule has 1 aromatic carbocycles. The lowest BCUT2D eigenvalue weighted by atomic mass is 9.99. The topological polar surface area (TPSA) is 58.1 Å². The summed E-state index contributed by atoms with van der Waals surface area (Å²) in [4.78, 5) is 24.1. The molecule has 0 unspecified atom stereocenters. The summed E-state index contributed by atoms with van der Waals surface area (Å²) in [5.41, 5.74) is 5.06. The molecule has 4 rings (SSSR count). The summed E-state index contributed by atoms with van der Waals surface area (Å²) in [6, 6.07) is 12.2. The Hall–Kier alpha value is -2.95. The van der Waals surface area contributed by atoms with E-state index in [1.165, 1.54) is 12.8 Å². The van der Waals surface area contributed by atoms with Crippen molar-refractivity contribution in [3.8, 4) is 0 Å². The second kappa shape index (κ2) is 7.97.